The average molecular weight is 345 g/mol. The Hall–Kier alpha value is -2.78. The van der Waals surface area contributed by atoms with E-state index in [0.29, 0.717) is 4.88 Å². The van der Waals surface area contributed by atoms with Crippen molar-refractivity contribution in [1.82, 2.24) is 9.38 Å². The van der Waals surface area contributed by atoms with Crippen LogP contribution in [0.2, 0.25) is 0 Å². The minimum atomic E-state index is -0.633. The summed E-state index contributed by atoms with van der Waals surface area (Å²) in [6.45, 7) is 0. The zero-order chi connectivity index (χ0) is 16.0. The van der Waals surface area contributed by atoms with Crippen LogP contribution < -0.4 is 4.74 Å². The number of carbonyl (C=O) groups excluding carboxylic acids is 1. The number of fused-ring (bicyclic) bond motifs is 3. The summed E-state index contributed by atoms with van der Waals surface area (Å²) in [4.78, 5) is 29.0. The highest BCUT2D eigenvalue weighted by Gasteiger charge is 2.21. The number of esters is 1. The van der Waals surface area contributed by atoms with E-state index in [0.717, 1.165) is 15.3 Å². The number of benzene rings is 1. The fourth-order valence-electron chi connectivity index (χ4n) is 2.19. The van der Waals surface area contributed by atoms with Crippen molar-refractivity contribution in [1.29, 1.82) is 0 Å². The van der Waals surface area contributed by atoms with Gasteiger partial charge in [0.25, 0.3) is 0 Å². The van der Waals surface area contributed by atoms with Crippen LogP contribution in [0.15, 0.2) is 41.9 Å². The molecule has 0 bridgehead atoms. The minimum Gasteiger partial charge on any atom is -0.415 e. The molecule has 4 aromatic rings. The molecule has 0 fully saturated rings. The van der Waals surface area contributed by atoms with Crippen molar-refractivity contribution < 1.29 is 14.5 Å². The van der Waals surface area contributed by atoms with Gasteiger partial charge in [-0.15, -0.1) is 22.7 Å². The number of hydrogen-bond donors (Lipinski definition) is 0. The van der Waals surface area contributed by atoms with Crippen LogP contribution >= 0.6 is 22.7 Å². The van der Waals surface area contributed by atoms with E-state index in [-0.39, 0.29) is 11.4 Å². The van der Waals surface area contributed by atoms with Crippen molar-refractivity contribution in [3.05, 3.63) is 56.9 Å². The van der Waals surface area contributed by atoms with Gasteiger partial charge in [-0.3, -0.25) is 14.5 Å². The van der Waals surface area contributed by atoms with Crippen LogP contribution in [-0.4, -0.2) is 20.3 Å². The molecule has 3 heterocycles. The number of nitro benzene ring substituents is 1. The molecular formula is C14H7N3O4S2. The van der Waals surface area contributed by atoms with Gasteiger partial charge in [0.05, 0.1) is 10.4 Å². The Morgan fingerprint density at radius 2 is 2.17 bits per heavy atom. The summed E-state index contributed by atoms with van der Waals surface area (Å²) in [6.07, 6.45) is 1.87. The van der Waals surface area contributed by atoms with Gasteiger partial charge >= 0.3 is 11.7 Å². The van der Waals surface area contributed by atoms with E-state index in [1.165, 1.54) is 40.9 Å². The maximum Gasteiger partial charge on any atom is 0.354 e. The molecule has 0 saturated carbocycles. The highest BCUT2D eigenvalue weighted by molar-refractivity contribution is 7.21. The third-order valence-electron chi connectivity index (χ3n) is 3.21. The number of ether oxygens (including phenoxy) is 1. The first-order valence-electron chi connectivity index (χ1n) is 6.44. The SMILES string of the molecule is O=C(Oc1ccccc1[N+](=O)[O-])c1cc2c(nc3sccn32)s1. The Balaban J connectivity index is 1.69. The molecule has 3 aromatic heterocycles. The number of thiazole rings is 1. The molecule has 0 amide bonds. The summed E-state index contributed by atoms with van der Waals surface area (Å²) in [5.74, 6) is -0.705. The second kappa shape index (κ2) is 5.14. The summed E-state index contributed by atoms with van der Waals surface area (Å²) in [5.41, 5.74) is 0.574. The first-order chi connectivity index (χ1) is 11.1. The standard InChI is InChI=1S/C14H7N3O4S2/c18-13(21-10-4-2-1-3-8(10)17(19)20)11-7-9-12(23-11)15-14-16(9)5-6-22-14/h1-7H. The van der Waals surface area contributed by atoms with E-state index >= 15 is 0 Å². The molecular weight excluding hydrogens is 338 g/mol. The van der Waals surface area contributed by atoms with Crippen LogP contribution in [0.5, 0.6) is 5.75 Å². The van der Waals surface area contributed by atoms with E-state index in [2.05, 4.69) is 4.98 Å². The van der Waals surface area contributed by atoms with Crippen LogP contribution in [-0.2, 0) is 0 Å². The van der Waals surface area contributed by atoms with Crippen LogP contribution in [0, 0.1) is 10.1 Å². The molecule has 4 rings (SSSR count). The molecule has 23 heavy (non-hydrogen) atoms. The van der Waals surface area contributed by atoms with Crippen LogP contribution in [0.4, 0.5) is 5.69 Å². The quantitative estimate of drug-likeness (QED) is 0.244. The van der Waals surface area contributed by atoms with E-state index in [9.17, 15) is 14.9 Å². The van der Waals surface area contributed by atoms with Gasteiger partial charge in [-0.25, -0.2) is 9.78 Å². The molecule has 0 aliphatic rings. The third-order valence-corrected chi connectivity index (χ3v) is 4.96. The highest BCUT2D eigenvalue weighted by Crippen LogP contribution is 2.31. The smallest absolute Gasteiger partial charge is 0.354 e. The fourth-order valence-corrected chi connectivity index (χ4v) is 3.87. The summed E-state index contributed by atoms with van der Waals surface area (Å²) in [7, 11) is 0. The van der Waals surface area contributed by atoms with E-state index < -0.39 is 10.9 Å². The Morgan fingerprint density at radius 1 is 1.35 bits per heavy atom. The summed E-state index contributed by atoms with van der Waals surface area (Å²) in [6, 6.07) is 7.46. The van der Waals surface area contributed by atoms with Gasteiger partial charge < -0.3 is 4.74 Å². The number of rotatable bonds is 3. The summed E-state index contributed by atoms with van der Waals surface area (Å²) < 4.78 is 7.07. The van der Waals surface area contributed by atoms with Crippen molar-refractivity contribution in [2.24, 2.45) is 0 Å². The number of para-hydroxylation sites is 2. The molecule has 0 radical (unpaired) electrons. The predicted molar refractivity (Wildman–Crippen MR) is 86.5 cm³/mol. The largest absolute Gasteiger partial charge is 0.415 e. The minimum absolute atomic E-state index is 0.0723. The maximum absolute atomic E-state index is 12.3. The summed E-state index contributed by atoms with van der Waals surface area (Å²) in [5, 5.41) is 12.9. The second-order valence-electron chi connectivity index (χ2n) is 4.58. The number of nitrogens with zero attached hydrogens (tertiary/aromatic N) is 3. The highest BCUT2D eigenvalue weighted by atomic mass is 32.1. The van der Waals surface area contributed by atoms with Gasteiger partial charge in [0.1, 0.15) is 9.71 Å². The number of carbonyl (C=O) groups is 1. The van der Waals surface area contributed by atoms with Gasteiger partial charge in [-0.1, -0.05) is 12.1 Å². The zero-order valence-corrected chi connectivity index (χ0v) is 13.0. The first kappa shape index (κ1) is 13.9. The van der Waals surface area contributed by atoms with Crippen molar-refractivity contribution in [2.45, 2.75) is 0 Å². The van der Waals surface area contributed by atoms with Crippen molar-refractivity contribution in [3.8, 4) is 5.75 Å². The molecule has 9 heteroatoms. The van der Waals surface area contributed by atoms with E-state index in [4.69, 9.17) is 4.74 Å². The number of hydrogen-bond acceptors (Lipinski definition) is 7. The molecule has 0 atom stereocenters. The average Bonchev–Trinajstić information content (AvgIpc) is 3.18. The molecule has 0 aliphatic heterocycles. The second-order valence-corrected chi connectivity index (χ2v) is 6.49. The van der Waals surface area contributed by atoms with Crippen molar-refractivity contribution in [3.63, 3.8) is 0 Å². The lowest BCUT2D eigenvalue weighted by Crippen LogP contribution is -2.07. The fraction of sp³-hybridized carbons (Fsp3) is 0. The number of nitro groups is 1. The van der Waals surface area contributed by atoms with Crippen LogP contribution in [0.25, 0.3) is 15.3 Å². The van der Waals surface area contributed by atoms with Gasteiger partial charge in [0.15, 0.2) is 4.96 Å². The Labute approximate surface area is 136 Å². The van der Waals surface area contributed by atoms with Gasteiger partial charge in [0, 0.05) is 17.6 Å². The lowest BCUT2D eigenvalue weighted by molar-refractivity contribution is -0.385. The molecule has 1 aromatic carbocycles. The molecule has 7 nitrogen and oxygen atoms in total. The van der Waals surface area contributed by atoms with Crippen LogP contribution in [0.3, 0.4) is 0 Å². The van der Waals surface area contributed by atoms with Gasteiger partial charge in [0.2, 0.25) is 5.75 Å². The van der Waals surface area contributed by atoms with Gasteiger partial charge in [-0.2, -0.15) is 0 Å². The number of imidazole rings is 1. The van der Waals surface area contributed by atoms with E-state index in [1.807, 2.05) is 16.0 Å². The predicted octanol–water partition coefficient (Wildman–Crippen LogP) is 3.74. The zero-order valence-electron chi connectivity index (χ0n) is 11.3. The first-order valence-corrected chi connectivity index (χ1v) is 8.14. The molecule has 0 N–H and O–H groups in total. The molecule has 0 saturated heterocycles. The van der Waals surface area contributed by atoms with Crippen molar-refractivity contribution >= 4 is 49.6 Å². The topological polar surface area (TPSA) is 86.7 Å². The normalized spacial score (nSPS) is 11.1. The molecule has 0 aliphatic carbocycles. The lowest BCUT2D eigenvalue weighted by atomic mass is 10.3. The number of aromatic nitrogens is 2. The van der Waals surface area contributed by atoms with E-state index in [1.54, 1.807) is 12.1 Å². The lowest BCUT2D eigenvalue weighted by Gasteiger charge is -2.02. The maximum atomic E-state index is 12.3. The Morgan fingerprint density at radius 3 is 3.00 bits per heavy atom. The third kappa shape index (κ3) is 2.26. The van der Waals surface area contributed by atoms with Crippen molar-refractivity contribution in [2.75, 3.05) is 0 Å². The Bertz CT molecular complexity index is 1060. The molecule has 114 valence electrons. The Kier molecular flexibility index (Phi) is 3.10. The van der Waals surface area contributed by atoms with Gasteiger partial charge in [-0.05, 0) is 12.1 Å². The van der Waals surface area contributed by atoms with Crippen LogP contribution in [0.1, 0.15) is 9.67 Å². The molecule has 0 spiro atoms. The molecule has 0 unspecified atom stereocenters. The number of thiophene rings is 1. The summed E-state index contributed by atoms with van der Waals surface area (Å²) >= 11 is 2.71. The monoisotopic (exact) mass is 345 g/mol.